The van der Waals surface area contributed by atoms with Gasteiger partial charge in [0, 0.05) is 5.56 Å². The fourth-order valence-electron chi connectivity index (χ4n) is 1.56. The van der Waals surface area contributed by atoms with Gasteiger partial charge in [0.1, 0.15) is 0 Å². The van der Waals surface area contributed by atoms with Crippen LogP contribution in [-0.2, 0) is 0 Å². The number of benzene rings is 2. The van der Waals surface area contributed by atoms with Crippen LogP contribution in [0.15, 0.2) is 42.5 Å². The van der Waals surface area contributed by atoms with Gasteiger partial charge in [-0.2, -0.15) is 0 Å². The molecule has 2 aromatic carbocycles. The highest BCUT2D eigenvalue weighted by Crippen LogP contribution is 2.53. The van der Waals surface area contributed by atoms with Crippen LogP contribution in [0.4, 0.5) is 4.39 Å². The van der Waals surface area contributed by atoms with Crippen LogP contribution in [0.1, 0.15) is 0 Å². The van der Waals surface area contributed by atoms with Crippen molar-refractivity contribution in [2.75, 3.05) is 0 Å². The molecule has 0 saturated heterocycles. The second-order valence-electron chi connectivity index (χ2n) is 3.22. The van der Waals surface area contributed by atoms with Crippen molar-refractivity contribution in [3.8, 4) is 22.6 Å². The second kappa shape index (κ2) is 2.58. The van der Waals surface area contributed by atoms with Crippen molar-refractivity contribution >= 4 is 0 Å². The third-order valence-corrected chi connectivity index (χ3v) is 2.31. The lowest BCUT2D eigenvalue weighted by Crippen LogP contribution is -1.73. The fraction of sp³-hybridized carbons (Fsp3) is 0. The van der Waals surface area contributed by atoms with E-state index in [1.54, 1.807) is 6.07 Å². The predicted octanol–water partition coefficient (Wildman–Crippen LogP) is 3.60. The van der Waals surface area contributed by atoms with E-state index in [-0.39, 0.29) is 5.82 Å². The average Bonchev–Trinajstić information content (AvgIpc) is 3.00. The lowest BCUT2D eigenvalue weighted by atomic mass is 10.1. The molecule has 0 spiro atoms. The smallest absolute Gasteiger partial charge is 0.206 e. The summed E-state index contributed by atoms with van der Waals surface area (Å²) in [6, 6.07) is 13.0. The SMILES string of the molecule is Fc1ccc(-c2ccccc2)c2c1O2. The molecule has 0 bridgehead atoms. The Labute approximate surface area is 80.8 Å². The van der Waals surface area contributed by atoms with Crippen molar-refractivity contribution in [2.45, 2.75) is 0 Å². The van der Waals surface area contributed by atoms with E-state index in [0.717, 1.165) is 11.1 Å². The molecule has 0 unspecified atom stereocenters. The number of halogens is 1. The Balaban J connectivity index is 2.16. The molecule has 0 amide bonds. The summed E-state index contributed by atoms with van der Waals surface area (Å²) >= 11 is 0. The highest BCUT2D eigenvalue weighted by atomic mass is 19.1. The Kier molecular flexibility index (Phi) is 1.39. The summed E-state index contributed by atoms with van der Waals surface area (Å²) in [5.41, 5.74) is 2.02. The van der Waals surface area contributed by atoms with Crippen LogP contribution < -0.4 is 4.74 Å². The van der Waals surface area contributed by atoms with E-state index >= 15 is 0 Å². The highest BCUT2D eigenvalue weighted by molar-refractivity contribution is 5.79. The number of ether oxygens (including phenoxy) is 1. The summed E-state index contributed by atoms with van der Waals surface area (Å²) in [5.74, 6) is 0.794. The third kappa shape index (κ3) is 1.01. The third-order valence-electron chi connectivity index (χ3n) is 2.31. The van der Waals surface area contributed by atoms with Crippen LogP contribution >= 0.6 is 0 Å². The molecule has 0 radical (unpaired) electrons. The van der Waals surface area contributed by atoms with Crippen molar-refractivity contribution < 1.29 is 9.13 Å². The van der Waals surface area contributed by atoms with Gasteiger partial charge in [-0.3, -0.25) is 0 Å². The molecular weight excluding hydrogens is 179 g/mol. The molecule has 1 heterocycles. The van der Waals surface area contributed by atoms with E-state index in [1.807, 2.05) is 30.3 Å². The van der Waals surface area contributed by atoms with Crippen molar-refractivity contribution in [1.82, 2.24) is 0 Å². The zero-order valence-corrected chi connectivity index (χ0v) is 7.33. The normalized spacial score (nSPS) is 11.8. The molecule has 1 nitrogen and oxygen atoms in total. The molecule has 0 aromatic heterocycles. The number of hydrogen-bond donors (Lipinski definition) is 0. The minimum absolute atomic E-state index is 0.278. The zero-order valence-electron chi connectivity index (χ0n) is 7.33. The van der Waals surface area contributed by atoms with Crippen molar-refractivity contribution in [3.63, 3.8) is 0 Å². The molecular formula is C12H7FO. The summed E-state index contributed by atoms with van der Waals surface area (Å²) < 4.78 is 18.0. The molecule has 2 heteroatoms. The first-order chi connectivity index (χ1) is 6.86. The van der Waals surface area contributed by atoms with Crippen LogP contribution in [0.5, 0.6) is 11.5 Å². The molecule has 2 aromatic rings. The van der Waals surface area contributed by atoms with Gasteiger partial charge < -0.3 is 4.74 Å². The summed E-state index contributed by atoms with van der Waals surface area (Å²) in [7, 11) is 0. The Bertz CT molecular complexity index is 491. The van der Waals surface area contributed by atoms with Gasteiger partial charge in [0.2, 0.25) is 5.75 Å². The van der Waals surface area contributed by atoms with Crippen LogP contribution in [0.2, 0.25) is 0 Å². The predicted molar refractivity (Wildman–Crippen MR) is 51.9 cm³/mol. The molecule has 1 aliphatic heterocycles. The molecule has 1 aliphatic rings. The fourth-order valence-corrected chi connectivity index (χ4v) is 1.56. The molecule has 0 saturated carbocycles. The lowest BCUT2D eigenvalue weighted by molar-refractivity contribution is 0.572. The Hall–Kier alpha value is -1.83. The van der Waals surface area contributed by atoms with Crippen LogP contribution in [-0.4, -0.2) is 0 Å². The summed E-state index contributed by atoms with van der Waals surface area (Å²) in [4.78, 5) is 0. The number of rotatable bonds is 1. The van der Waals surface area contributed by atoms with E-state index in [0.29, 0.717) is 11.5 Å². The van der Waals surface area contributed by atoms with E-state index in [4.69, 9.17) is 4.74 Å². The van der Waals surface area contributed by atoms with E-state index < -0.39 is 0 Å². The van der Waals surface area contributed by atoms with Gasteiger partial charge >= 0.3 is 0 Å². The Morgan fingerprint density at radius 3 is 2.43 bits per heavy atom. The van der Waals surface area contributed by atoms with E-state index in [1.165, 1.54) is 6.07 Å². The maximum atomic E-state index is 12.9. The van der Waals surface area contributed by atoms with Crippen molar-refractivity contribution in [3.05, 3.63) is 48.3 Å². The standard InChI is InChI=1S/C12H7FO/c13-10-7-6-9(11-12(10)14-11)8-4-2-1-3-5-8/h1-7H. The summed E-state index contributed by atoms with van der Waals surface area (Å²) in [6.07, 6.45) is 0. The van der Waals surface area contributed by atoms with Crippen LogP contribution in [0.25, 0.3) is 11.1 Å². The largest absolute Gasteiger partial charge is 0.446 e. The van der Waals surface area contributed by atoms with E-state index in [9.17, 15) is 4.39 Å². The van der Waals surface area contributed by atoms with E-state index in [2.05, 4.69) is 0 Å². The Morgan fingerprint density at radius 1 is 0.857 bits per heavy atom. The minimum Gasteiger partial charge on any atom is -0.446 e. The van der Waals surface area contributed by atoms with Crippen molar-refractivity contribution in [2.24, 2.45) is 0 Å². The zero-order chi connectivity index (χ0) is 9.54. The topological polar surface area (TPSA) is 12.5 Å². The van der Waals surface area contributed by atoms with Gasteiger partial charge in [0.05, 0.1) is 0 Å². The molecule has 0 fully saturated rings. The van der Waals surface area contributed by atoms with Gasteiger partial charge in [0.15, 0.2) is 11.6 Å². The lowest BCUT2D eigenvalue weighted by Gasteiger charge is -1.96. The highest BCUT2D eigenvalue weighted by Gasteiger charge is 2.29. The molecule has 3 rings (SSSR count). The first kappa shape index (κ1) is 7.56. The summed E-state index contributed by atoms with van der Waals surface area (Å²) in [6.45, 7) is 0. The molecule has 0 aliphatic carbocycles. The number of fused-ring (bicyclic) bond motifs is 1. The molecule has 14 heavy (non-hydrogen) atoms. The molecule has 0 atom stereocenters. The maximum Gasteiger partial charge on any atom is 0.206 e. The quantitative estimate of drug-likeness (QED) is 0.529. The minimum atomic E-state index is -0.278. The second-order valence-corrected chi connectivity index (χ2v) is 3.22. The van der Waals surface area contributed by atoms with Crippen LogP contribution in [0, 0.1) is 5.82 Å². The monoisotopic (exact) mass is 186 g/mol. The number of hydrogen-bond acceptors (Lipinski definition) is 1. The van der Waals surface area contributed by atoms with Gasteiger partial charge in [-0.25, -0.2) is 4.39 Å². The van der Waals surface area contributed by atoms with Crippen molar-refractivity contribution in [1.29, 1.82) is 0 Å². The molecule has 68 valence electrons. The molecule has 0 N–H and O–H groups in total. The van der Waals surface area contributed by atoms with Gasteiger partial charge in [-0.15, -0.1) is 0 Å². The van der Waals surface area contributed by atoms with Gasteiger partial charge in [-0.05, 0) is 17.7 Å². The maximum absolute atomic E-state index is 12.9. The Morgan fingerprint density at radius 2 is 1.64 bits per heavy atom. The first-order valence-corrected chi connectivity index (χ1v) is 4.42. The first-order valence-electron chi connectivity index (χ1n) is 4.42. The summed E-state index contributed by atoms with van der Waals surface area (Å²) in [5, 5.41) is 0. The van der Waals surface area contributed by atoms with Gasteiger partial charge in [0.25, 0.3) is 0 Å². The average molecular weight is 186 g/mol. The van der Waals surface area contributed by atoms with Crippen LogP contribution in [0.3, 0.4) is 0 Å². The van der Waals surface area contributed by atoms with Gasteiger partial charge in [-0.1, -0.05) is 30.3 Å².